The normalized spacial score (nSPS) is 11.2. The third-order valence-electron chi connectivity index (χ3n) is 3.24. The molecule has 0 fully saturated rings. The van der Waals surface area contributed by atoms with Crippen LogP contribution in [-0.4, -0.2) is 18.2 Å². The number of hydrogen-bond donors (Lipinski definition) is 2. The minimum absolute atomic E-state index is 0.0860. The number of anilines is 1. The highest BCUT2D eigenvalue weighted by Gasteiger charge is 2.04. The van der Waals surface area contributed by atoms with Crippen molar-refractivity contribution in [2.24, 2.45) is 5.10 Å². The molecule has 2 aromatic carbocycles. The van der Waals surface area contributed by atoms with Gasteiger partial charge in [-0.15, -0.1) is 0 Å². The number of hydrogen-bond acceptors (Lipinski definition) is 3. The van der Waals surface area contributed by atoms with Gasteiger partial charge < -0.3 is 5.32 Å². The smallest absolute Gasteiger partial charge is 0.259 e. The van der Waals surface area contributed by atoms with Crippen molar-refractivity contribution in [2.45, 2.75) is 13.8 Å². The summed E-state index contributed by atoms with van der Waals surface area (Å²) in [5.41, 5.74) is 5.60. The van der Waals surface area contributed by atoms with Crippen LogP contribution in [-0.2, 0) is 4.79 Å². The van der Waals surface area contributed by atoms with Crippen LogP contribution < -0.4 is 10.7 Å². The minimum atomic E-state index is -0.312. The summed E-state index contributed by atoms with van der Waals surface area (Å²) in [4.78, 5) is 11.8. The Bertz CT molecular complexity index is 729. The van der Waals surface area contributed by atoms with Gasteiger partial charge in [-0.2, -0.15) is 5.10 Å². The van der Waals surface area contributed by atoms with E-state index in [9.17, 15) is 9.18 Å². The topological polar surface area (TPSA) is 53.5 Å². The first-order valence-electron chi connectivity index (χ1n) is 7.05. The molecule has 0 saturated heterocycles. The lowest BCUT2D eigenvalue weighted by atomic mass is 10.1. The first kappa shape index (κ1) is 17.0. The highest BCUT2D eigenvalue weighted by Crippen LogP contribution is 2.19. The summed E-state index contributed by atoms with van der Waals surface area (Å²) in [5, 5.41) is 7.68. The summed E-state index contributed by atoms with van der Waals surface area (Å²) in [7, 11) is 0. The molecule has 0 heterocycles. The Hall–Kier alpha value is -2.40. The van der Waals surface area contributed by atoms with Crippen molar-refractivity contribution in [2.75, 3.05) is 11.9 Å². The van der Waals surface area contributed by atoms with Gasteiger partial charge in [0.25, 0.3) is 5.91 Å². The maximum Gasteiger partial charge on any atom is 0.259 e. The second-order valence-corrected chi connectivity index (χ2v) is 5.49. The number of nitrogens with one attached hydrogen (secondary N) is 2. The molecular weight excluding hydrogens is 317 g/mol. The monoisotopic (exact) mass is 333 g/mol. The summed E-state index contributed by atoms with van der Waals surface area (Å²) < 4.78 is 12.9. The fourth-order valence-electron chi connectivity index (χ4n) is 1.94. The van der Waals surface area contributed by atoms with E-state index in [2.05, 4.69) is 15.8 Å². The Labute approximate surface area is 139 Å². The zero-order valence-corrected chi connectivity index (χ0v) is 13.6. The van der Waals surface area contributed by atoms with E-state index in [1.807, 2.05) is 19.1 Å². The molecule has 120 valence electrons. The van der Waals surface area contributed by atoms with Gasteiger partial charge in [-0.05, 0) is 55.3 Å². The van der Waals surface area contributed by atoms with Gasteiger partial charge >= 0.3 is 0 Å². The van der Waals surface area contributed by atoms with Gasteiger partial charge in [0.05, 0.1) is 12.3 Å². The Morgan fingerprint density at radius 3 is 2.57 bits per heavy atom. The molecule has 2 N–H and O–H groups in total. The standard InChI is InChI=1S/C17H17ClFN3O/c1-11-9-14(18)5-8-16(11)20-10-17(23)22-21-12(2)13-3-6-15(19)7-4-13/h3-9,20H,10H2,1-2H3,(H,22,23)/b21-12-. The van der Waals surface area contributed by atoms with E-state index in [0.717, 1.165) is 16.8 Å². The maximum atomic E-state index is 12.9. The van der Waals surface area contributed by atoms with Gasteiger partial charge in [-0.1, -0.05) is 23.7 Å². The summed E-state index contributed by atoms with van der Waals surface area (Å²) in [6.07, 6.45) is 0. The number of halogens is 2. The molecule has 0 atom stereocenters. The minimum Gasteiger partial charge on any atom is -0.376 e. The van der Waals surface area contributed by atoms with E-state index in [1.165, 1.54) is 12.1 Å². The number of carbonyl (C=O) groups is 1. The zero-order chi connectivity index (χ0) is 16.8. The van der Waals surface area contributed by atoms with Crippen LogP contribution in [0.4, 0.5) is 10.1 Å². The lowest BCUT2D eigenvalue weighted by molar-refractivity contribution is -0.119. The van der Waals surface area contributed by atoms with Crippen LogP contribution in [0.25, 0.3) is 0 Å². The number of amides is 1. The second kappa shape index (κ2) is 7.74. The molecule has 2 aromatic rings. The first-order valence-corrected chi connectivity index (χ1v) is 7.42. The van der Waals surface area contributed by atoms with E-state index >= 15 is 0 Å². The molecule has 0 aliphatic carbocycles. The SMILES string of the molecule is C/C(=N/NC(=O)CNc1ccc(Cl)cc1C)c1ccc(F)cc1. The van der Waals surface area contributed by atoms with E-state index < -0.39 is 0 Å². The molecule has 6 heteroatoms. The fraction of sp³-hybridized carbons (Fsp3) is 0.176. The van der Waals surface area contributed by atoms with Crippen molar-refractivity contribution in [1.29, 1.82) is 0 Å². The molecule has 0 spiro atoms. The molecule has 0 aliphatic rings. The summed E-state index contributed by atoms with van der Waals surface area (Å²) in [5.74, 6) is -0.589. The van der Waals surface area contributed by atoms with E-state index in [0.29, 0.717) is 10.7 Å². The quantitative estimate of drug-likeness (QED) is 0.647. The maximum absolute atomic E-state index is 12.9. The molecule has 0 aliphatic heterocycles. The van der Waals surface area contributed by atoms with Crippen molar-refractivity contribution >= 4 is 28.9 Å². The molecule has 0 saturated carbocycles. The van der Waals surface area contributed by atoms with E-state index in [4.69, 9.17) is 11.6 Å². The predicted molar refractivity (Wildman–Crippen MR) is 91.4 cm³/mol. The number of nitrogens with zero attached hydrogens (tertiary/aromatic N) is 1. The second-order valence-electron chi connectivity index (χ2n) is 5.05. The van der Waals surface area contributed by atoms with Crippen LogP contribution in [0.3, 0.4) is 0 Å². The summed E-state index contributed by atoms with van der Waals surface area (Å²) in [6.45, 7) is 3.73. The van der Waals surface area contributed by atoms with Crippen molar-refractivity contribution in [1.82, 2.24) is 5.43 Å². The summed E-state index contributed by atoms with van der Waals surface area (Å²) in [6, 6.07) is 11.3. The third-order valence-corrected chi connectivity index (χ3v) is 3.47. The van der Waals surface area contributed by atoms with Crippen molar-refractivity contribution < 1.29 is 9.18 Å². The molecule has 0 bridgehead atoms. The lowest BCUT2D eigenvalue weighted by Crippen LogP contribution is -2.27. The van der Waals surface area contributed by atoms with Gasteiger partial charge in [0.2, 0.25) is 0 Å². The molecule has 1 amide bonds. The molecule has 23 heavy (non-hydrogen) atoms. The summed E-state index contributed by atoms with van der Waals surface area (Å²) >= 11 is 5.88. The Balaban J connectivity index is 1.89. The number of carbonyl (C=O) groups excluding carboxylic acids is 1. The van der Waals surface area contributed by atoms with Gasteiger partial charge in [0, 0.05) is 10.7 Å². The van der Waals surface area contributed by atoms with Crippen LogP contribution in [0.5, 0.6) is 0 Å². The molecule has 0 unspecified atom stereocenters. The van der Waals surface area contributed by atoms with E-state index in [1.54, 1.807) is 25.1 Å². The van der Waals surface area contributed by atoms with Crippen molar-refractivity contribution in [3.05, 3.63) is 64.4 Å². The van der Waals surface area contributed by atoms with Crippen LogP contribution in [0.15, 0.2) is 47.6 Å². The van der Waals surface area contributed by atoms with Crippen LogP contribution in [0, 0.1) is 12.7 Å². The molecular formula is C17H17ClFN3O. The lowest BCUT2D eigenvalue weighted by Gasteiger charge is -2.09. The van der Waals surface area contributed by atoms with Crippen LogP contribution in [0.1, 0.15) is 18.1 Å². The van der Waals surface area contributed by atoms with E-state index in [-0.39, 0.29) is 18.3 Å². The van der Waals surface area contributed by atoms with Crippen LogP contribution in [0.2, 0.25) is 5.02 Å². The van der Waals surface area contributed by atoms with Gasteiger partial charge in [-0.3, -0.25) is 4.79 Å². The molecule has 2 rings (SSSR count). The number of benzene rings is 2. The number of aryl methyl sites for hydroxylation is 1. The van der Waals surface area contributed by atoms with Gasteiger partial charge in [0.15, 0.2) is 0 Å². The first-order chi connectivity index (χ1) is 11.0. The number of rotatable bonds is 5. The van der Waals surface area contributed by atoms with Crippen molar-refractivity contribution in [3.8, 4) is 0 Å². The average molecular weight is 334 g/mol. The number of hydrazone groups is 1. The van der Waals surface area contributed by atoms with Gasteiger partial charge in [0.1, 0.15) is 5.82 Å². The van der Waals surface area contributed by atoms with Crippen LogP contribution >= 0.6 is 11.6 Å². The largest absolute Gasteiger partial charge is 0.376 e. The highest BCUT2D eigenvalue weighted by molar-refractivity contribution is 6.30. The fourth-order valence-corrected chi connectivity index (χ4v) is 2.17. The predicted octanol–water partition coefficient (Wildman–Crippen LogP) is 3.74. The zero-order valence-electron chi connectivity index (χ0n) is 12.9. The molecule has 4 nitrogen and oxygen atoms in total. The van der Waals surface area contributed by atoms with Gasteiger partial charge in [-0.25, -0.2) is 9.82 Å². The third kappa shape index (κ3) is 5.07. The molecule has 0 aromatic heterocycles. The highest BCUT2D eigenvalue weighted by atomic mass is 35.5. The Morgan fingerprint density at radius 1 is 1.22 bits per heavy atom. The van der Waals surface area contributed by atoms with Crippen molar-refractivity contribution in [3.63, 3.8) is 0 Å². The molecule has 0 radical (unpaired) electrons. The Morgan fingerprint density at radius 2 is 1.91 bits per heavy atom. The Kier molecular flexibility index (Phi) is 5.71. The average Bonchev–Trinajstić information content (AvgIpc) is 2.52.